The Labute approximate surface area is 255 Å². The first kappa shape index (κ1) is 30.1. The largest absolute Gasteiger partial charge is 0.458 e. The number of oxazole rings is 1. The number of aliphatic hydroxyl groups is 2. The number of hydrogen-bond donors (Lipinski definition) is 2. The Kier molecular flexibility index (Phi) is 8.54. The minimum atomic E-state index is -0.654. The highest BCUT2D eigenvalue weighted by molar-refractivity contribution is 5.89. The van der Waals surface area contributed by atoms with E-state index in [1.54, 1.807) is 6.20 Å². The van der Waals surface area contributed by atoms with Gasteiger partial charge in [-0.15, -0.1) is 0 Å². The summed E-state index contributed by atoms with van der Waals surface area (Å²) in [5, 5.41) is 20.5. The summed E-state index contributed by atoms with van der Waals surface area (Å²) in [6.45, 7) is 8.50. The molecule has 4 aliphatic rings. The first-order chi connectivity index (χ1) is 20.7. The van der Waals surface area contributed by atoms with E-state index in [1.807, 2.05) is 37.3 Å². The van der Waals surface area contributed by atoms with E-state index >= 15 is 0 Å². The predicted molar refractivity (Wildman–Crippen MR) is 166 cm³/mol. The van der Waals surface area contributed by atoms with Crippen molar-refractivity contribution in [3.63, 3.8) is 0 Å². The van der Waals surface area contributed by atoms with Crippen molar-refractivity contribution in [2.45, 2.75) is 115 Å². The summed E-state index contributed by atoms with van der Waals surface area (Å²) >= 11 is 0. The average molecular weight is 586 g/mol. The molecular formula is C37H47NO5. The van der Waals surface area contributed by atoms with E-state index in [4.69, 9.17) is 9.15 Å². The second kappa shape index (κ2) is 12.2. The Morgan fingerprint density at radius 2 is 1.98 bits per heavy atom. The summed E-state index contributed by atoms with van der Waals surface area (Å²) in [5.74, 6) is 2.42. The van der Waals surface area contributed by atoms with Crippen LogP contribution in [-0.4, -0.2) is 39.5 Å². The maximum absolute atomic E-state index is 13.2. The molecule has 2 N–H and O–H groups in total. The lowest BCUT2D eigenvalue weighted by atomic mass is 9.62. The van der Waals surface area contributed by atoms with Gasteiger partial charge >= 0.3 is 5.97 Å². The number of carbonyl (C=O) groups is 1. The number of rotatable bonds is 9. The van der Waals surface area contributed by atoms with Crippen LogP contribution < -0.4 is 0 Å². The first-order valence-electron chi connectivity index (χ1n) is 16.3. The summed E-state index contributed by atoms with van der Waals surface area (Å²) in [5.41, 5.74) is 3.76. The topological polar surface area (TPSA) is 92.8 Å². The smallest absolute Gasteiger partial charge is 0.338 e. The van der Waals surface area contributed by atoms with Gasteiger partial charge < -0.3 is 19.4 Å². The molecule has 0 aliphatic heterocycles. The van der Waals surface area contributed by atoms with Crippen molar-refractivity contribution in [3.05, 3.63) is 89.2 Å². The maximum atomic E-state index is 13.2. The molecule has 4 unspecified atom stereocenters. The summed E-state index contributed by atoms with van der Waals surface area (Å²) in [7, 11) is 0. The molecule has 6 atom stereocenters. The van der Waals surface area contributed by atoms with Gasteiger partial charge in [-0.2, -0.15) is 0 Å². The average Bonchev–Trinajstić information content (AvgIpc) is 3.57. The van der Waals surface area contributed by atoms with E-state index in [1.165, 1.54) is 31.3 Å². The molecule has 43 heavy (non-hydrogen) atoms. The van der Waals surface area contributed by atoms with Gasteiger partial charge in [-0.25, -0.2) is 9.78 Å². The Hall–Kier alpha value is -2.96. The number of aliphatic hydroxyl groups excluding tert-OH is 2. The normalized spacial score (nSPS) is 32.5. The molecule has 6 rings (SSSR count). The SMILES string of the molecule is C=C1/C(=C\C=C2/CCCC3(C)C(CCCC(OC(=O)c4ccccc4)C4(c5ncc(C)o5)CC4)CCC23)C[C@@H](O)C[C@@H]1O. The minimum Gasteiger partial charge on any atom is -0.458 e. The van der Waals surface area contributed by atoms with Gasteiger partial charge in [0.05, 0.1) is 29.4 Å². The van der Waals surface area contributed by atoms with E-state index in [0.717, 1.165) is 55.4 Å². The van der Waals surface area contributed by atoms with E-state index in [0.29, 0.717) is 36.1 Å². The second-order valence-electron chi connectivity index (χ2n) is 13.9. The molecule has 0 bridgehead atoms. The van der Waals surface area contributed by atoms with Crippen molar-refractivity contribution in [2.75, 3.05) is 0 Å². The standard InChI is InChI=1S/C37H47NO5/c1-24-23-38-35(42-24)37(19-20-37)33(43-34(41)27-9-5-4-6-10-27)13-7-12-29-16-17-31-26(11-8-18-36(29,31)3)14-15-28-21-30(39)22-32(40)25(28)2/h4-6,9-10,14-15,23,29-33,39-40H,2,7-8,11-13,16-22H2,1,3H3/b26-14+,28-15-/t29?,30-,31?,32+,33?,36?/m1/s1. The van der Waals surface area contributed by atoms with E-state index in [-0.39, 0.29) is 22.9 Å². The van der Waals surface area contributed by atoms with Gasteiger partial charge in [-0.3, -0.25) is 0 Å². The van der Waals surface area contributed by atoms with Crippen LogP contribution >= 0.6 is 0 Å². The van der Waals surface area contributed by atoms with E-state index in [9.17, 15) is 15.0 Å². The van der Waals surface area contributed by atoms with E-state index in [2.05, 4.69) is 30.6 Å². The molecule has 0 radical (unpaired) electrons. The van der Waals surface area contributed by atoms with Crippen LogP contribution in [0.4, 0.5) is 0 Å². The summed E-state index contributed by atoms with van der Waals surface area (Å²) in [6.07, 6.45) is 16.4. The summed E-state index contributed by atoms with van der Waals surface area (Å²) < 4.78 is 12.3. The van der Waals surface area contributed by atoms with Crippen LogP contribution in [0.5, 0.6) is 0 Å². The molecule has 0 spiro atoms. The second-order valence-corrected chi connectivity index (χ2v) is 13.9. The molecule has 2 aromatic rings. The number of esters is 1. The van der Waals surface area contributed by atoms with Gasteiger partial charge in [0.15, 0.2) is 0 Å². The number of aromatic nitrogens is 1. The van der Waals surface area contributed by atoms with Crippen molar-refractivity contribution in [1.82, 2.24) is 4.98 Å². The molecular weight excluding hydrogens is 538 g/mol. The Bertz CT molecular complexity index is 1380. The highest BCUT2D eigenvalue weighted by Gasteiger charge is 2.57. The highest BCUT2D eigenvalue weighted by atomic mass is 16.5. The Balaban J connectivity index is 1.14. The minimum absolute atomic E-state index is 0.258. The molecule has 6 nitrogen and oxygen atoms in total. The number of benzene rings is 1. The number of fused-ring (bicyclic) bond motifs is 1. The fourth-order valence-electron chi connectivity index (χ4n) is 8.45. The van der Waals surface area contributed by atoms with Crippen molar-refractivity contribution < 1.29 is 24.2 Å². The molecule has 4 saturated carbocycles. The van der Waals surface area contributed by atoms with Crippen LogP contribution in [0.2, 0.25) is 0 Å². The quantitative estimate of drug-likeness (QED) is 0.295. The van der Waals surface area contributed by atoms with Gasteiger partial charge in [-0.05, 0) is 118 Å². The van der Waals surface area contributed by atoms with Crippen LogP contribution in [0.15, 0.2) is 76.4 Å². The molecule has 6 heteroatoms. The Morgan fingerprint density at radius 1 is 1.19 bits per heavy atom. The maximum Gasteiger partial charge on any atom is 0.338 e. The van der Waals surface area contributed by atoms with Crippen molar-refractivity contribution >= 4 is 5.97 Å². The fraction of sp³-hybridized carbons (Fsp3) is 0.568. The third-order valence-electron chi connectivity index (χ3n) is 11.2. The van der Waals surface area contributed by atoms with Gasteiger partial charge in [-0.1, -0.05) is 49.4 Å². The fourth-order valence-corrected chi connectivity index (χ4v) is 8.45. The zero-order valence-corrected chi connectivity index (χ0v) is 25.8. The third kappa shape index (κ3) is 6.06. The summed E-state index contributed by atoms with van der Waals surface area (Å²) in [4.78, 5) is 17.7. The molecule has 230 valence electrons. The van der Waals surface area contributed by atoms with Gasteiger partial charge in [0.25, 0.3) is 0 Å². The zero-order chi connectivity index (χ0) is 30.2. The zero-order valence-electron chi connectivity index (χ0n) is 25.8. The van der Waals surface area contributed by atoms with E-state index < -0.39 is 12.2 Å². The molecule has 1 aromatic carbocycles. The molecule has 4 fully saturated rings. The molecule has 1 aromatic heterocycles. The highest BCUT2D eigenvalue weighted by Crippen LogP contribution is 2.59. The van der Waals surface area contributed by atoms with Crippen LogP contribution in [0.3, 0.4) is 0 Å². The molecule has 0 amide bonds. The van der Waals surface area contributed by atoms with Crippen LogP contribution in [0.25, 0.3) is 0 Å². The predicted octanol–water partition coefficient (Wildman–Crippen LogP) is 7.55. The van der Waals surface area contributed by atoms with Crippen LogP contribution in [0, 0.1) is 24.2 Å². The van der Waals surface area contributed by atoms with Crippen LogP contribution in [-0.2, 0) is 10.2 Å². The van der Waals surface area contributed by atoms with Crippen molar-refractivity contribution in [1.29, 1.82) is 0 Å². The Morgan fingerprint density at radius 3 is 2.70 bits per heavy atom. The third-order valence-corrected chi connectivity index (χ3v) is 11.2. The summed E-state index contributed by atoms with van der Waals surface area (Å²) in [6, 6.07) is 9.27. The van der Waals surface area contributed by atoms with Gasteiger partial charge in [0, 0.05) is 6.42 Å². The van der Waals surface area contributed by atoms with Crippen LogP contribution in [0.1, 0.15) is 106 Å². The number of nitrogens with zero attached hydrogens (tertiary/aromatic N) is 1. The lowest BCUT2D eigenvalue weighted by Crippen LogP contribution is -2.34. The lowest BCUT2D eigenvalue weighted by Gasteiger charge is -2.42. The lowest BCUT2D eigenvalue weighted by molar-refractivity contribution is 0.0125. The first-order valence-corrected chi connectivity index (χ1v) is 16.3. The monoisotopic (exact) mass is 585 g/mol. The number of allylic oxidation sites excluding steroid dienone is 3. The van der Waals surface area contributed by atoms with Gasteiger partial charge in [0.2, 0.25) is 5.89 Å². The number of aryl methyl sites for hydroxylation is 1. The van der Waals surface area contributed by atoms with Crippen molar-refractivity contribution in [3.8, 4) is 0 Å². The van der Waals surface area contributed by atoms with Crippen molar-refractivity contribution in [2.24, 2.45) is 17.3 Å². The van der Waals surface area contributed by atoms with Gasteiger partial charge in [0.1, 0.15) is 11.9 Å². The number of ether oxygens (including phenoxy) is 1. The number of carbonyl (C=O) groups excluding carboxylic acids is 1. The molecule has 0 saturated heterocycles. The molecule has 1 heterocycles. The number of hydrogen-bond acceptors (Lipinski definition) is 6. The molecule has 4 aliphatic carbocycles.